The maximum Gasteiger partial charge on any atom is 0.240 e. The third kappa shape index (κ3) is 4.49. The van der Waals surface area contributed by atoms with Gasteiger partial charge in [0.25, 0.3) is 0 Å². The Bertz CT molecular complexity index is 586. The van der Waals surface area contributed by atoms with Crippen LogP contribution in [-0.2, 0) is 14.8 Å². The molecule has 124 valence electrons. The molecule has 1 aliphatic rings. The van der Waals surface area contributed by atoms with E-state index in [9.17, 15) is 12.8 Å². The molecule has 1 N–H and O–H groups in total. The van der Waals surface area contributed by atoms with Gasteiger partial charge in [-0.25, -0.2) is 17.5 Å². The number of rotatable bonds is 6. The Morgan fingerprint density at radius 1 is 1.32 bits per heavy atom. The lowest BCUT2D eigenvalue weighted by atomic mass is 10.0. The second-order valence-corrected chi connectivity index (χ2v) is 7.54. The van der Waals surface area contributed by atoms with Gasteiger partial charge in [-0.3, -0.25) is 4.90 Å². The predicted molar refractivity (Wildman–Crippen MR) is 82.6 cm³/mol. The van der Waals surface area contributed by atoms with Crippen LogP contribution in [0.3, 0.4) is 0 Å². The molecule has 0 amide bonds. The second-order valence-electron chi connectivity index (χ2n) is 5.77. The predicted octanol–water partition coefficient (Wildman–Crippen LogP) is 1.46. The molecule has 22 heavy (non-hydrogen) atoms. The van der Waals surface area contributed by atoms with Crippen LogP contribution in [0.2, 0.25) is 0 Å². The summed E-state index contributed by atoms with van der Waals surface area (Å²) in [5, 5.41) is 0. The highest BCUT2D eigenvalue weighted by atomic mass is 32.2. The molecule has 0 bridgehead atoms. The molecule has 2 rings (SSSR count). The molecule has 1 fully saturated rings. The lowest BCUT2D eigenvalue weighted by molar-refractivity contribution is 0.00776. The van der Waals surface area contributed by atoms with E-state index in [-0.39, 0.29) is 10.9 Å². The van der Waals surface area contributed by atoms with E-state index in [1.54, 1.807) is 0 Å². The van der Waals surface area contributed by atoms with Crippen molar-refractivity contribution in [3.8, 4) is 0 Å². The fourth-order valence-electron chi connectivity index (χ4n) is 2.61. The molecular weight excluding hydrogens is 307 g/mol. The van der Waals surface area contributed by atoms with Gasteiger partial charge in [0.1, 0.15) is 5.82 Å². The fourth-order valence-corrected chi connectivity index (χ4v) is 3.69. The van der Waals surface area contributed by atoms with Crippen LogP contribution in [0, 0.1) is 11.7 Å². The van der Waals surface area contributed by atoms with Gasteiger partial charge in [-0.1, -0.05) is 19.9 Å². The summed E-state index contributed by atoms with van der Waals surface area (Å²) in [6.07, 6.45) is 0. The smallest absolute Gasteiger partial charge is 0.240 e. The summed E-state index contributed by atoms with van der Waals surface area (Å²) in [5.74, 6) is -0.259. The Kier molecular flexibility index (Phi) is 5.91. The zero-order valence-electron chi connectivity index (χ0n) is 13.0. The Morgan fingerprint density at radius 2 is 2.00 bits per heavy atom. The molecule has 1 heterocycles. The monoisotopic (exact) mass is 330 g/mol. The van der Waals surface area contributed by atoms with Gasteiger partial charge in [0.2, 0.25) is 10.0 Å². The van der Waals surface area contributed by atoms with Gasteiger partial charge in [0.05, 0.1) is 18.1 Å². The van der Waals surface area contributed by atoms with Crippen LogP contribution >= 0.6 is 0 Å². The number of ether oxygens (including phenoxy) is 1. The lowest BCUT2D eigenvalue weighted by Gasteiger charge is -2.36. The van der Waals surface area contributed by atoms with Crippen LogP contribution < -0.4 is 4.72 Å². The van der Waals surface area contributed by atoms with Crippen LogP contribution in [-0.4, -0.2) is 52.2 Å². The van der Waals surface area contributed by atoms with Crippen molar-refractivity contribution in [3.63, 3.8) is 0 Å². The van der Waals surface area contributed by atoms with Crippen LogP contribution in [0.5, 0.6) is 0 Å². The van der Waals surface area contributed by atoms with Crippen molar-refractivity contribution in [2.24, 2.45) is 5.92 Å². The van der Waals surface area contributed by atoms with Crippen molar-refractivity contribution >= 4 is 10.0 Å². The molecule has 1 atom stereocenters. The maximum absolute atomic E-state index is 13.2. The molecule has 5 nitrogen and oxygen atoms in total. The molecule has 0 saturated carbocycles. The molecule has 0 aromatic heterocycles. The van der Waals surface area contributed by atoms with E-state index in [2.05, 4.69) is 23.5 Å². The van der Waals surface area contributed by atoms with Gasteiger partial charge in [-0.05, 0) is 24.1 Å². The normalized spacial score (nSPS) is 18.5. The number of halogens is 1. The van der Waals surface area contributed by atoms with E-state index >= 15 is 0 Å². The summed E-state index contributed by atoms with van der Waals surface area (Å²) >= 11 is 0. The van der Waals surface area contributed by atoms with Crippen LogP contribution in [0.25, 0.3) is 0 Å². The van der Waals surface area contributed by atoms with Gasteiger partial charge in [-0.15, -0.1) is 0 Å². The number of nitrogens with zero attached hydrogens (tertiary/aromatic N) is 1. The quantitative estimate of drug-likeness (QED) is 0.858. The molecule has 7 heteroatoms. The standard InChI is InChI=1S/C15H23FN2O3S/c1-12(2)15(18-6-8-21-9-7-18)11-17-22(19,20)14-5-3-4-13(16)10-14/h3-5,10,12,15,17H,6-9,11H2,1-2H3. The number of benzene rings is 1. The van der Waals surface area contributed by atoms with E-state index < -0.39 is 15.8 Å². The summed E-state index contributed by atoms with van der Waals surface area (Å²) in [7, 11) is -3.70. The highest BCUT2D eigenvalue weighted by molar-refractivity contribution is 7.89. The number of nitrogens with one attached hydrogen (secondary N) is 1. The summed E-state index contributed by atoms with van der Waals surface area (Å²) in [5.41, 5.74) is 0. The molecule has 1 saturated heterocycles. The van der Waals surface area contributed by atoms with Gasteiger partial charge >= 0.3 is 0 Å². The van der Waals surface area contributed by atoms with E-state index in [1.807, 2.05) is 0 Å². The number of hydrogen-bond acceptors (Lipinski definition) is 4. The molecule has 1 unspecified atom stereocenters. The minimum Gasteiger partial charge on any atom is -0.379 e. The van der Waals surface area contributed by atoms with Crippen molar-refractivity contribution in [2.45, 2.75) is 24.8 Å². The van der Waals surface area contributed by atoms with Crippen molar-refractivity contribution in [1.29, 1.82) is 0 Å². The summed E-state index contributed by atoms with van der Waals surface area (Å²) in [4.78, 5) is 2.19. The summed E-state index contributed by atoms with van der Waals surface area (Å²) in [6.45, 7) is 7.36. The Hall–Kier alpha value is -1.02. The first-order valence-electron chi connectivity index (χ1n) is 7.47. The Balaban J connectivity index is 2.05. The van der Waals surface area contributed by atoms with Gasteiger partial charge in [0.15, 0.2) is 0 Å². The number of hydrogen-bond donors (Lipinski definition) is 1. The first kappa shape index (κ1) is 17.3. The van der Waals surface area contributed by atoms with Gasteiger partial charge in [0, 0.05) is 25.7 Å². The fraction of sp³-hybridized carbons (Fsp3) is 0.600. The highest BCUT2D eigenvalue weighted by Gasteiger charge is 2.26. The molecule has 0 radical (unpaired) electrons. The number of sulfonamides is 1. The Labute approximate surface area is 131 Å². The van der Waals surface area contributed by atoms with E-state index in [1.165, 1.54) is 18.2 Å². The van der Waals surface area contributed by atoms with Crippen LogP contribution in [0.15, 0.2) is 29.2 Å². The molecule has 1 aromatic rings. The minimum atomic E-state index is -3.70. The zero-order valence-corrected chi connectivity index (χ0v) is 13.8. The lowest BCUT2D eigenvalue weighted by Crippen LogP contribution is -2.51. The third-order valence-corrected chi connectivity index (χ3v) is 5.29. The van der Waals surface area contributed by atoms with Crippen molar-refractivity contribution in [2.75, 3.05) is 32.8 Å². The summed E-state index contributed by atoms with van der Waals surface area (Å²) < 4.78 is 45.7. The van der Waals surface area contributed by atoms with Crippen LogP contribution in [0.1, 0.15) is 13.8 Å². The topological polar surface area (TPSA) is 58.6 Å². The van der Waals surface area contributed by atoms with Gasteiger partial charge in [-0.2, -0.15) is 0 Å². The van der Waals surface area contributed by atoms with Gasteiger partial charge < -0.3 is 4.74 Å². The largest absolute Gasteiger partial charge is 0.379 e. The van der Waals surface area contributed by atoms with E-state index in [0.717, 1.165) is 19.2 Å². The van der Waals surface area contributed by atoms with Crippen molar-refractivity contribution in [3.05, 3.63) is 30.1 Å². The van der Waals surface area contributed by atoms with E-state index in [0.29, 0.717) is 25.7 Å². The summed E-state index contributed by atoms with van der Waals surface area (Å²) in [6, 6.07) is 5.13. The minimum absolute atomic E-state index is 0.0445. The average Bonchev–Trinajstić information content (AvgIpc) is 2.48. The second kappa shape index (κ2) is 7.50. The van der Waals surface area contributed by atoms with Crippen molar-refractivity contribution in [1.82, 2.24) is 9.62 Å². The first-order chi connectivity index (χ1) is 10.4. The first-order valence-corrected chi connectivity index (χ1v) is 8.95. The highest BCUT2D eigenvalue weighted by Crippen LogP contribution is 2.15. The third-order valence-electron chi connectivity index (χ3n) is 3.87. The average molecular weight is 330 g/mol. The molecule has 0 aliphatic carbocycles. The molecular formula is C15H23FN2O3S. The molecule has 1 aliphatic heterocycles. The SMILES string of the molecule is CC(C)C(CNS(=O)(=O)c1cccc(F)c1)N1CCOCC1. The Morgan fingerprint density at radius 3 is 2.59 bits per heavy atom. The van der Waals surface area contributed by atoms with Crippen LogP contribution in [0.4, 0.5) is 4.39 Å². The number of morpholine rings is 1. The zero-order chi connectivity index (χ0) is 16.2. The van der Waals surface area contributed by atoms with E-state index in [4.69, 9.17) is 4.74 Å². The maximum atomic E-state index is 13.2. The molecule has 1 aromatic carbocycles. The molecule has 0 spiro atoms. The van der Waals surface area contributed by atoms with Crippen molar-refractivity contribution < 1.29 is 17.5 Å².